The van der Waals surface area contributed by atoms with E-state index in [1.54, 1.807) is 30.6 Å². The van der Waals surface area contributed by atoms with Crippen molar-refractivity contribution in [3.05, 3.63) is 59.7 Å². The van der Waals surface area contributed by atoms with E-state index in [4.69, 9.17) is 10.5 Å². The van der Waals surface area contributed by atoms with Crippen molar-refractivity contribution in [3.8, 4) is 16.9 Å². The maximum Gasteiger partial charge on any atom is 0.323 e. The SMILES string of the molecule is CCc1sc2ncnc(N)c2c1-c1ccc(NC(=O)Nc2ccccc2OC)cc1. The second kappa shape index (κ2) is 8.38. The highest BCUT2D eigenvalue weighted by molar-refractivity contribution is 7.19. The Morgan fingerprint density at radius 1 is 1.10 bits per heavy atom. The molecule has 0 aliphatic carbocycles. The third-order valence-electron chi connectivity index (χ3n) is 4.70. The molecule has 2 aromatic heterocycles. The molecule has 0 aliphatic rings. The minimum atomic E-state index is -0.347. The number of para-hydroxylation sites is 2. The van der Waals surface area contributed by atoms with Gasteiger partial charge in [-0.2, -0.15) is 0 Å². The van der Waals surface area contributed by atoms with Crippen molar-refractivity contribution in [1.29, 1.82) is 0 Å². The Kier molecular flexibility index (Phi) is 5.49. The van der Waals surface area contributed by atoms with Crippen LogP contribution in [0, 0.1) is 0 Å². The summed E-state index contributed by atoms with van der Waals surface area (Å²) in [4.78, 5) is 23.0. The predicted octanol–water partition coefficient (Wildman–Crippen LogP) is 5.16. The number of carbonyl (C=O) groups excluding carboxylic acids is 1. The normalized spacial score (nSPS) is 10.7. The van der Waals surface area contributed by atoms with Gasteiger partial charge in [-0.25, -0.2) is 14.8 Å². The van der Waals surface area contributed by atoms with Gasteiger partial charge in [-0.3, -0.25) is 0 Å². The molecule has 4 rings (SSSR count). The standard InChI is InChI=1S/C22H21N5O2S/c1-3-17-18(19-20(23)24-12-25-21(19)30-17)13-8-10-14(11-9-13)26-22(28)27-15-6-4-5-7-16(15)29-2/h4-12H,3H2,1-2H3,(H2,23,24,25)(H2,26,27,28). The maximum absolute atomic E-state index is 12.4. The second-order valence-electron chi connectivity index (χ2n) is 6.55. The molecule has 30 heavy (non-hydrogen) atoms. The minimum Gasteiger partial charge on any atom is -0.495 e. The molecule has 4 N–H and O–H groups in total. The first-order valence-electron chi connectivity index (χ1n) is 9.44. The zero-order valence-corrected chi connectivity index (χ0v) is 17.4. The highest BCUT2D eigenvalue weighted by atomic mass is 32.1. The number of nitrogen functional groups attached to an aromatic ring is 1. The molecule has 2 aromatic carbocycles. The van der Waals surface area contributed by atoms with Gasteiger partial charge in [0.25, 0.3) is 0 Å². The number of urea groups is 1. The van der Waals surface area contributed by atoms with Crippen LogP contribution in [0.5, 0.6) is 5.75 Å². The van der Waals surface area contributed by atoms with Crippen LogP contribution in [0.25, 0.3) is 21.3 Å². The van der Waals surface area contributed by atoms with Gasteiger partial charge < -0.3 is 21.1 Å². The number of aromatic nitrogens is 2. The van der Waals surface area contributed by atoms with E-state index in [1.807, 2.05) is 36.4 Å². The van der Waals surface area contributed by atoms with Gasteiger partial charge >= 0.3 is 6.03 Å². The van der Waals surface area contributed by atoms with E-state index in [9.17, 15) is 4.79 Å². The molecule has 0 atom stereocenters. The van der Waals surface area contributed by atoms with Gasteiger partial charge in [-0.15, -0.1) is 11.3 Å². The van der Waals surface area contributed by atoms with E-state index in [2.05, 4.69) is 27.5 Å². The number of thiophene rings is 1. The van der Waals surface area contributed by atoms with Crippen LogP contribution in [0.1, 0.15) is 11.8 Å². The molecular weight excluding hydrogens is 398 g/mol. The highest BCUT2D eigenvalue weighted by Crippen LogP contribution is 2.40. The number of hydrogen-bond acceptors (Lipinski definition) is 6. The molecule has 0 saturated heterocycles. The fourth-order valence-electron chi connectivity index (χ4n) is 3.31. The quantitative estimate of drug-likeness (QED) is 0.415. The Bertz CT molecular complexity index is 1200. The maximum atomic E-state index is 12.4. The largest absolute Gasteiger partial charge is 0.495 e. The smallest absolute Gasteiger partial charge is 0.323 e. The van der Waals surface area contributed by atoms with Crippen molar-refractivity contribution in [3.63, 3.8) is 0 Å². The Morgan fingerprint density at radius 3 is 2.60 bits per heavy atom. The molecule has 2 amide bonds. The summed E-state index contributed by atoms with van der Waals surface area (Å²) in [5.41, 5.74) is 9.47. The van der Waals surface area contributed by atoms with Crippen molar-refractivity contribution < 1.29 is 9.53 Å². The lowest BCUT2D eigenvalue weighted by Gasteiger charge is -2.11. The summed E-state index contributed by atoms with van der Waals surface area (Å²) in [7, 11) is 1.56. The molecule has 2 heterocycles. The number of nitrogens with one attached hydrogen (secondary N) is 2. The van der Waals surface area contributed by atoms with Gasteiger partial charge in [0.15, 0.2) is 0 Å². The molecular formula is C22H21N5O2S. The fourth-order valence-corrected chi connectivity index (χ4v) is 4.42. The van der Waals surface area contributed by atoms with E-state index in [0.717, 1.165) is 27.8 Å². The van der Waals surface area contributed by atoms with Crippen LogP contribution in [0.4, 0.5) is 22.0 Å². The lowest BCUT2D eigenvalue weighted by molar-refractivity contribution is 0.262. The molecule has 152 valence electrons. The van der Waals surface area contributed by atoms with Crippen LogP contribution in [-0.4, -0.2) is 23.1 Å². The Hall–Kier alpha value is -3.65. The molecule has 0 saturated carbocycles. The van der Waals surface area contributed by atoms with Crippen LogP contribution in [0.3, 0.4) is 0 Å². The zero-order chi connectivity index (χ0) is 21.1. The molecule has 0 bridgehead atoms. The first-order valence-corrected chi connectivity index (χ1v) is 10.3. The number of ether oxygens (including phenoxy) is 1. The lowest BCUT2D eigenvalue weighted by Crippen LogP contribution is -2.19. The number of fused-ring (bicyclic) bond motifs is 1. The van der Waals surface area contributed by atoms with Crippen LogP contribution < -0.4 is 21.1 Å². The number of anilines is 3. The third kappa shape index (κ3) is 3.77. The molecule has 0 fully saturated rings. The Labute approximate surface area is 177 Å². The lowest BCUT2D eigenvalue weighted by atomic mass is 10.0. The minimum absolute atomic E-state index is 0.347. The molecule has 0 unspecified atom stereocenters. The molecule has 0 spiro atoms. The summed E-state index contributed by atoms with van der Waals surface area (Å²) in [6.45, 7) is 2.11. The van der Waals surface area contributed by atoms with E-state index < -0.39 is 0 Å². The summed E-state index contributed by atoms with van der Waals surface area (Å²) >= 11 is 1.63. The van der Waals surface area contributed by atoms with Crippen molar-refractivity contribution in [1.82, 2.24) is 9.97 Å². The summed E-state index contributed by atoms with van der Waals surface area (Å²) in [5.74, 6) is 1.07. The van der Waals surface area contributed by atoms with Gasteiger partial charge in [0.1, 0.15) is 22.7 Å². The van der Waals surface area contributed by atoms with Crippen molar-refractivity contribution >= 4 is 44.8 Å². The zero-order valence-electron chi connectivity index (χ0n) is 16.6. The summed E-state index contributed by atoms with van der Waals surface area (Å²) in [6.07, 6.45) is 2.36. The van der Waals surface area contributed by atoms with Crippen molar-refractivity contribution in [2.75, 3.05) is 23.5 Å². The number of rotatable bonds is 5. The number of nitrogens with zero attached hydrogens (tertiary/aromatic N) is 2. The third-order valence-corrected chi connectivity index (χ3v) is 5.94. The molecule has 0 radical (unpaired) electrons. The summed E-state index contributed by atoms with van der Waals surface area (Å²) < 4.78 is 5.26. The topological polar surface area (TPSA) is 102 Å². The summed E-state index contributed by atoms with van der Waals surface area (Å²) in [5, 5.41) is 6.52. The number of hydrogen-bond donors (Lipinski definition) is 3. The number of amides is 2. The predicted molar refractivity (Wildman–Crippen MR) is 122 cm³/mol. The highest BCUT2D eigenvalue weighted by Gasteiger charge is 2.17. The first kappa shape index (κ1) is 19.7. The number of benzene rings is 2. The molecule has 8 heteroatoms. The Morgan fingerprint density at radius 2 is 1.87 bits per heavy atom. The number of nitrogens with two attached hydrogens (primary N) is 1. The fraction of sp³-hybridized carbons (Fsp3) is 0.136. The van der Waals surface area contributed by atoms with Gasteiger partial charge in [0, 0.05) is 16.1 Å². The molecule has 4 aromatic rings. The second-order valence-corrected chi connectivity index (χ2v) is 7.63. The van der Waals surface area contributed by atoms with Crippen LogP contribution >= 0.6 is 11.3 Å². The number of carbonyl (C=O) groups is 1. The Balaban J connectivity index is 1.57. The number of methoxy groups -OCH3 is 1. The van der Waals surface area contributed by atoms with Crippen molar-refractivity contribution in [2.45, 2.75) is 13.3 Å². The van der Waals surface area contributed by atoms with Crippen LogP contribution in [0.2, 0.25) is 0 Å². The van der Waals surface area contributed by atoms with E-state index in [-0.39, 0.29) is 6.03 Å². The van der Waals surface area contributed by atoms with Gasteiger partial charge in [0.05, 0.1) is 18.2 Å². The molecule has 0 aliphatic heterocycles. The van der Waals surface area contributed by atoms with E-state index in [1.165, 1.54) is 11.2 Å². The van der Waals surface area contributed by atoms with Crippen LogP contribution in [-0.2, 0) is 6.42 Å². The number of aryl methyl sites for hydroxylation is 1. The van der Waals surface area contributed by atoms with Crippen LogP contribution in [0.15, 0.2) is 54.9 Å². The van der Waals surface area contributed by atoms with E-state index >= 15 is 0 Å². The monoisotopic (exact) mass is 419 g/mol. The van der Waals surface area contributed by atoms with Gasteiger partial charge in [0.2, 0.25) is 0 Å². The summed E-state index contributed by atoms with van der Waals surface area (Å²) in [6, 6.07) is 14.5. The van der Waals surface area contributed by atoms with Gasteiger partial charge in [-0.05, 0) is 36.2 Å². The van der Waals surface area contributed by atoms with Gasteiger partial charge in [-0.1, -0.05) is 31.2 Å². The van der Waals surface area contributed by atoms with E-state index in [0.29, 0.717) is 22.9 Å². The van der Waals surface area contributed by atoms with Crippen molar-refractivity contribution in [2.24, 2.45) is 0 Å². The first-order chi connectivity index (χ1) is 14.6. The average Bonchev–Trinajstić information content (AvgIpc) is 3.15. The molecule has 7 nitrogen and oxygen atoms in total. The average molecular weight is 420 g/mol.